The van der Waals surface area contributed by atoms with Gasteiger partial charge in [-0.2, -0.15) is 0 Å². The highest BCUT2D eigenvalue weighted by Crippen LogP contribution is 2.35. The van der Waals surface area contributed by atoms with E-state index in [9.17, 15) is 9.59 Å². The molecule has 6 heteroatoms. The number of ether oxygens (including phenoxy) is 2. The molecule has 1 aromatic heterocycles. The molecule has 0 saturated carbocycles. The van der Waals surface area contributed by atoms with Gasteiger partial charge in [-0.3, -0.25) is 14.2 Å². The Labute approximate surface area is 181 Å². The first-order chi connectivity index (χ1) is 14.3. The summed E-state index contributed by atoms with van der Waals surface area (Å²) in [5.74, 6) is -0.0240. The van der Waals surface area contributed by atoms with Crippen LogP contribution < -0.4 is 4.74 Å². The maximum atomic E-state index is 13.4. The second kappa shape index (κ2) is 8.92. The lowest BCUT2D eigenvalue weighted by Crippen LogP contribution is -2.17. The number of aryl methyl sites for hydroxylation is 1. The van der Waals surface area contributed by atoms with Crippen molar-refractivity contribution in [2.45, 2.75) is 46.6 Å². The van der Waals surface area contributed by atoms with Gasteiger partial charge in [0.2, 0.25) is 0 Å². The van der Waals surface area contributed by atoms with Crippen LogP contribution in [0.5, 0.6) is 5.75 Å². The molecule has 3 aromatic rings. The molecule has 158 valence electrons. The van der Waals surface area contributed by atoms with E-state index >= 15 is 0 Å². The molecule has 1 atom stereocenters. The Morgan fingerprint density at radius 3 is 2.40 bits per heavy atom. The molecule has 0 fully saturated rings. The fraction of sp³-hybridized carbons (Fsp3) is 0.333. The molecular formula is C24H26ClNO4. The van der Waals surface area contributed by atoms with Gasteiger partial charge < -0.3 is 9.47 Å². The van der Waals surface area contributed by atoms with Gasteiger partial charge in [0.1, 0.15) is 5.75 Å². The summed E-state index contributed by atoms with van der Waals surface area (Å²) in [7, 11) is 1.53. The van der Waals surface area contributed by atoms with E-state index in [0.717, 1.165) is 22.9 Å². The number of halogens is 1. The minimum atomic E-state index is -0.330. The number of aromatic nitrogens is 1. The van der Waals surface area contributed by atoms with Crippen molar-refractivity contribution in [2.75, 3.05) is 7.11 Å². The molecule has 0 aliphatic carbocycles. The molecule has 0 spiro atoms. The Kier molecular flexibility index (Phi) is 6.52. The molecule has 1 heterocycles. The van der Waals surface area contributed by atoms with Gasteiger partial charge in [0.15, 0.2) is 0 Å². The van der Waals surface area contributed by atoms with E-state index in [1.807, 2.05) is 39.8 Å². The molecule has 0 radical (unpaired) electrons. The van der Waals surface area contributed by atoms with Crippen molar-refractivity contribution in [1.82, 2.24) is 4.57 Å². The van der Waals surface area contributed by atoms with Crippen LogP contribution in [-0.4, -0.2) is 29.7 Å². The van der Waals surface area contributed by atoms with E-state index in [1.165, 1.54) is 7.11 Å². The lowest BCUT2D eigenvalue weighted by atomic mass is 10.1. The third kappa shape index (κ3) is 4.21. The number of nitrogens with zero attached hydrogens (tertiary/aromatic N) is 1. The summed E-state index contributed by atoms with van der Waals surface area (Å²) in [5, 5.41) is 1.14. The van der Waals surface area contributed by atoms with Crippen LogP contribution in [0, 0.1) is 13.8 Å². The number of hydrogen-bond acceptors (Lipinski definition) is 4. The van der Waals surface area contributed by atoms with Gasteiger partial charge in [-0.15, -0.1) is 0 Å². The third-order valence-corrected chi connectivity index (χ3v) is 5.63. The van der Waals surface area contributed by atoms with Crippen LogP contribution in [0.25, 0.3) is 10.9 Å². The first kappa shape index (κ1) is 21.9. The summed E-state index contributed by atoms with van der Waals surface area (Å²) in [6.45, 7) is 7.62. The fourth-order valence-electron chi connectivity index (χ4n) is 3.44. The number of fused-ring (bicyclic) bond motifs is 1. The monoisotopic (exact) mass is 427 g/mol. The molecule has 0 N–H and O–H groups in total. The molecule has 1 unspecified atom stereocenters. The van der Waals surface area contributed by atoms with Gasteiger partial charge in [-0.05, 0) is 57.0 Å². The fourth-order valence-corrected chi connectivity index (χ4v) is 3.68. The van der Waals surface area contributed by atoms with Crippen LogP contribution >= 0.6 is 11.6 Å². The standard InChI is InChI=1S/C24H26ClNO4/c1-6-15(3)30-23(27)12-18-16(4)26(24(28)17-9-7-14(2)8-10-17)21-13-20(25)22(29-5)11-19(18)21/h7-11,13,15H,6,12H2,1-5H3. The number of rotatable bonds is 6. The number of methoxy groups -OCH3 is 1. The van der Waals surface area contributed by atoms with Crippen LogP contribution in [0.3, 0.4) is 0 Å². The smallest absolute Gasteiger partial charge is 0.310 e. The highest BCUT2D eigenvalue weighted by atomic mass is 35.5. The summed E-state index contributed by atoms with van der Waals surface area (Å²) in [6.07, 6.45) is 0.636. The second-order valence-corrected chi connectivity index (χ2v) is 7.87. The van der Waals surface area contributed by atoms with Gasteiger partial charge in [0.05, 0.1) is 30.2 Å². The Hall–Kier alpha value is -2.79. The molecule has 0 saturated heterocycles. The average molecular weight is 428 g/mol. The largest absolute Gasteiger partial charge is 0.495 e. The van der Waals surface area contributed by atoms with Gasteiger partial charge in [0, 0.05) is 16.6 Å². The van der Waals surface area contributed by atoms with Crippen molar-refractivity contribution in [3.8, 4) is 5.75 Å². The van der Waals surface area contributed by atoms with Crippen molar-refractivity contribution >= 4 is 34.4 Å². The zero-order valence-electron chi connectivity index (χ0n) is 17.9. The van der Waals surface area contributed by atoms with E-state index in [4.69, 9.17) is 21.1 Å². The van der Waals surface area contributed by atoms with Gasteiger partial charge >= 0.3 is 5.97 Å². The van der Waals surface area contributed by atoms with Gasteiger partial charge in [0.25, 0.3) is 5.91 Å². The lowest BCUT2D eigenvalue weighted by molar-refractivity contribution is -0.147. The van der Waals surface area contributed by atoms with Crippen molar-refractivity contribution in [2.24, 2.45) is 0 Å². The predicted octanol–water partition coefficient (Wildman–Crippen LogP) is 5.49. The van der Waals surface area contributed by atoms with Crippen LogP contribution in [0.1, 0.15) is 47.4 Å². The van der Waals surface area contributed by atoms with Gasteiger partial charge in [-0.1, -0.05) is 36.2 Å². The van der Waals surface area contributed by atoms with E-state index in [0.29, 0.717) is 27.5 Å². The Bertz CT molecular complexity index is 1100. The first-order valence-corrected chi connectivity index (χ1v) is 10.3. The zero-order valence-corrected chi connectivity index (χ0v) is 18.7. The Morgan fingerprint density at radius 2 is 1.80 bits per heavy atom. The highest BCUT2D eigenvalue weighted by Gasteiger charge is 2.24. The minimum Gasteiger partial charge on any atom is -0.495 e. The van der Waals surface area contributed by atoms with Crippen LogP contribution in [0.4, 0.5) is 0 Å². The van der Waals surface area contributed by atoms with E-state index in [1.54, 1.807) is 28.8 Å². The maximum absolute atomic E-state index is 13.4. The van der Waals surface area contributed by atoms with Crippen molar-refractivity contribution in [1.29, 1.82) is 0 Å². The number of hydrogen-bond donors (Lipinski definition) is 0. The molecule has 30 heavy (non-hydrogen) atoms. The molecule has 2 aromatic carbocycles. The number of carbonyl (C=O) groups excluding carboxylic acids is 2. The first-order valence-electron chi connectivity index (χ1n) is 9.95. The molecule has 3 rings (SSSR count). The maximum Gasteiger partial charge on any atom is 0.310 e. The topological polar surface area (TPSA) is 57.5 Å². The number of esters is 1. The molecular weight excluding hydrogens is 402 g/mol. The van der Waals surface area contributed by atoms with Crippen LogP contribution in [0.15, 0.2) is 36.4 Å². The molecule has 0 amide bonds. The molecule has 0 aliphatic heterocycles. The summed E-state index contributed by atoms with van der Waals surface area (Å²) >= 11 is 6.36. The van der Waals surface area contributed by atoms with Crippen LogP contribution in [-0.2, 0) is 16.0 Å². The predicted molar refractivity (Wildman–Crippen MR) is 119 cm³/mol. The number of benzene rings is 2. The van der Waals surface area contributed by atoms with Gasteiger partial charge in [-0.25, -0.2) is 0 Å². The number of carbonyl (C=O) groups is 2. The summed E-state index contributed by atoms with van der Waals surface area (Å²) in [4.78, 5) is 25.9. The summed E-state index contributed by atoms with van der Waals surface area (Å²) in [5.41, 5.74) is 3.67. The van der Waals surface area contributed by atoms with Crippen molar-refractivity contribution in [3.05, 3.63) is 63.8 Å². The summed E-state index contributed by atoms with van der Waals surface area (Å²) < 4.78 is 12.4. The van der Waals surface area contributed by atoms with Crippen molar-refractivity contribution in [3.63, 3.8) is 0 Å². The normalized spacial score (nSPS) is 12.1. The second-order valence-electron chi connectivity index (χ2n) is 7.46. The Balaban J connectivity index is 2.16. The van der Waals surface area contributed by atoms with E-state index in [2.05, 4.69) is 0 Å². The average Bonchev–Trinajstić information content (AvgIpc) is 2.97. The Morgan fingerprint density at radius 1 is 1.13 bits per heavy atom. The SMILES string of the molecule is CCC(C)OC(=O)Cc1c(C)n(C(=O)c2ccc(C)cc2)c2cc(Cl)c(OC)cc12. The summed E-state index contributed by atoms with van der Waals surface area (Å²) in [6, 6.07) is 10.9. The minimum absolute atomic E-state index is 0.0611. The lowest BCUT2D eigenvalue weighted by Gasteiger charge is -2.11. The third-order valence-electron chi connectivity index (χ3n) is 5.34. The molecule has 0 aliphatic rings. The molecule has 5 nitrogen and oxygen atoms in total. The zero-order chi connectivity index (χ0) is 22.0. The highest BCUT2D eigenvalue weighted by molar-refractivity contribution is 6.33. The van der Waals surface area contributed by atoms with Crippen molar-refractivity contribution < 1.29 is 19.1 Å². The van der Waals surface area contributed by atoms with E-state index in [-0.39, 0.29) is 24.4 Å². The van der Waals surface area contributed by atoms with E-state index < -0.39 is 0 Å². The van der Waals surface area contributed by atoms with Crippen LogP contribution in [0.2, 0.25) is 5.02 Å². The molecule has 0 bridgehead atoms. The quantitative estimate of drug-likeness (QED) is 0.488.